The molecule has 1 nitrogen and oxygen atoms in total. The highest BCUT2D eigenvalue weighted by Gasteiger charge is 2.12. The molecule has 0 spiro atoms. The van der Waals surface area contributed by atoms with E-state index in [1.807, 2.05) is 0 Å². The molecule has 4 aromatic rings. The summed E-state index contributed by atoms with van der Waals surface area (Å²) in [6.07, 6.45) is 2.35. The maximum atomic E-state index is 2.46. The molecule has 0 bridgehead atoms. The Morgan fingerprint density at radius 1 is 0.576 bits per heavy atom. The molecule has 4 aromatic carbocycles. The Hall–Kier alpha value is -3.58. The van der Waals surface area contributed by atoms with Crippen molar-refractivity contribution in [1.29, 1.82) is 0 Å². The van der Waals surface area contributed by atoms with Gasteiger partial charge >= 0.3 is 0 Å². The van der Waals surface area contributed by atoms with Crippen LogP contribution in [0.4, 0.5) is 0 Å². The Bertz CT molecular complexity index is 1140. The molecule has 166 valence electrons. The Morgan fingerprint density at radius 2 is 1.00 bits per heavy atom. The van der Waals surface area contributed by atoms with Gasteiger partial charge in [-0.1, -0.05) is 108 Å². The molecule has 0 saturated carbocycles. The van der Waals surface area contributed by atoms with Gasteiger partial charge in [0.2, 0.25) is 0 Å². The van der Waals surface area contributed by atoms with Crippen molar-refractivity contribution in [2.24, 2.45) is 0 Å². The topological polar surface area (TPSA) is 3.24 Å². The molecule has 0 aliphatic rings. The number of benzene rings is 4. The van der Waals surface area contributed by atoms with Gasteiger partial charge in [-0.2, -0.15) is 0 Å². The number of rotatable bonds is 7. The molecule has 0 aromatic heterocycles. The molecule has 4 rings (SSSR count). The summed E-state index contributed by atoms with van der Waals surface area (Å²) in [4.78, 5) is 2.46. The van der Waals surface area contributed by atoms with Crippen molar-refractivity contribution in [3.05, 3.63) is 148 Å². The van der Waals surface area contributed by atoms with Crippen molar-refractivity contribution < 1.29 is 0 Å². The highest BCUT2D eigenvalue weighted by atomic mass is 15.1. The molecule has 33 heavy (non-hydrogen) atoms. The van der Waals surface area contributed by atoms with Crippen LogP contribution in [0.5, 0.6) is 0 Å². The normalized spacial score (nSPS) is 10.7. The first-order valence-electron chi connectivity index (χ1n) is 11.7. The molecule has 0 saturated heterocycles. The van der Waals surface area contributed by atoms with Gasteiger partial charge in [-0.05, 0) is 61.1 Å². The second-order valence-electron chi connectivity index (χ2n) is 9.04. The number of hydrogen-bond acceptors (Lipinski definition) is 1. The zero-order valence-electron chi connectivity index (χ0n) is 20.2. The first-order chi connectivity index (χ1) is 16.0. The van der Waals surface area contributed by atoms with Crippen molar-refractivity contribution in [3.63, 3.8) is 0 Å². The molecule has 0 aliphatic carbocycles. The van der Waals surface area contributed by atoms with Gasteiger partial charge in [0.25, 0.3) is 0 Å². The molecule has 0 N–H and O–H groups in total. The summed E-state index contributed by atoms with van der Waals surface area (Å²) in [5.41, 5.74) is 11.7. The van der Waals surface area contributed by atoms with Gasteiger partial charge < -0.3 is 4.90 Å². The van der Waals surface area contributed by atoms with Gasteiger partial charge in [-0.25, -0.2) is 0 Å². The second kappa shape index (κ2) is 10.4. The monoisotopic (exact) mass is 431 g/mol. The Balaban J connectivity index is 1.79. The number of nitrogens with zero attached hydrogens (tertiary/aromatic N) is 1. The van der Waals surface area contributed by atoms with Gasteiger partial charge in [-0.15, -0.1) is 0 Å². The molecular weight excluding hydrogens is 398 g/mol. The highest BCUT2D eigenvalue weighted by Crippen LogP contribution is 2.26. The lowest BCUT2D eigenvalue weighted by molar-refractivity contribution is 0.361. The molecule has 0 amide bonds. The SMILES string of the molecule is Cc1ccc(CN(C=C(c2ccccc2)c2ccccc2)Cc2ccc(C)cc2C)c(C)c1. The fraction of sp³-hybridized carbons (Fsp3) is 0.188. The Morgan fingerprint density at radius 3 is 1.39 bits per heavy atom. The van der Waals surface area contributed by atoms with E-state index in [4.69, 9.17) is 0 Å². The van der Waals surface area contributed by atoms with Gasteiger partial charge in [0, 0.05) is 24.9 Å². The molecular formula is C32H33N. The van der Waals surface area contributed by atoms with Crippen LogP contribution in [0.25, 0.3) is 5.57 Å². The fourth-order valence-electron chi connectivity index (χ4n) is 4.36. The number of hydrogen-bond donors (Lipinski definition) is 0. The van der Waals surface area contributed by atoms with Gasteiger partial charge in [-0.3, -0.25) is 0 Å². The smallest absolute Gasteiger partial charge is 0.0430 e. The quantitative estimate of drug-likeness (QED) is 0.286. The van der Waals surface area contributed by atoms with Gasteiger partial charge in [0.15, 0.2) is 0 Å². The lowest BCUT2D eigenvalue weighted by atomic mass is 9.98. The predicted octanol–water partition coefficient (Wildman–Crippen LogP) is 8.01. The molecule has 0 aliphatic heterocycles. The van der Waals surface area contributed by atoms with Crippen LogP contribution >= 0.6 is 0 Å². The zero-order valence-corrected chi connectivity index (χ0v) is 20.2. The summed E-state index contributed by atoms with van der Waals surface area (Å²) in [5.74, 6) is 0. The van der Waals surface area contributed by atoms with Crippen LogP contribution in [-0.2, 0) is 13.1 Å². The summed E-state index contributed by atoms with van der Waals surface area (Å²) in [7, 11) is 0. The first kappa shape index (κ1) is 22.6. The lowest BCUT2D eigenvalue weighted by Gasteiger charge is -2.25. The van der Waals surface area contributed by atoms with Crippen LogP contribution in [0.1, 0.15) is 44.5 Å². The standard InChI is InChI=1S/C32H33N/c1-24-15-17-30(26(3)19-24)21-33(22-31-18-16-25(2)20-27(31)4)23-32(28-11-7-5-8-12-28)29-13-9-6-10-14-29/h5-20,23H,21-22H2,1-4H3. The van der Waals surface area contributed by atoms with Gasteiger partial charge in [0.1, 0.15) is 0 Å². The Labute approximate surface area is 199 Å². The average Bonchev–Trinajstić information content (AvgIpc) is 2.82. The van der Waals surface area contributed by atoms with Crippen LogP contribution < -0.4 is 0 Å². The van der Waals surface area contributed by atoms with Crippen LogP contribution in [0.3, 0.4) is 0 Å². The van der Waals surface area contributed by atoms with E-state index in [-0.39, 0.29) is 0 Å². The minimum absolute atomic E-state index is 0.864. The molecule has 0 heterocycles. The van der Waals surface area contributed by atoms with E-state index in [9.17, 15) is 0 Å². The summed E-state index contributed by atoms with van der Waals surface area (Å²) < 4.78 is 0. The van der Waals surface area contributed by atoms with E-state index in [2.05, 4.69) is 136 Å². The van der Waals surface area contributed by atoms with Crippen molar-refractivity contribution in [2.75, 3.05) is 0 Å². The van der Waals surface area contributed by atoms with E-state index < -0.39 is 0 Å². The summed E-state index contributed by atoms with van der Waals surface area (Å²) in [6.45, 7) is 10.5. The van der Waals surface area contributed by atoms with E-state index in [1.54, 1.807) is 0 Å². The maximum Gasteiger partial charge on any atom is 0.0430 e. The largest absolute Gasteiger partial charge is 0.368 e. The van der Waals surface area contributed by atoms with Crippen molar-refractivity contribution in [1.82, 2.24) is 4.90 Å². The van der Waals surface area contributed by atoms with Crippen molar-refractivity contribution >= 4 is 5.57 Å². The van der Waals surface area contributed by atoms with Crippen LogP contribution in [0.2, 0.25) is 0 Å². The average molecular weight is 432 g/mol. The fourth-order valence-corrected chi connectivity index (χ4v) is 4.36. The Kier molecular flexibility index (Phi) is 7.10. The minimum atomic E-state index is 0.864. The van der Waals surface area contributed by atoms with Crippen molar-refractivity contribution in [2.45, 2.75) is 40.8 Å². The highest BCUT2D eigenvalue weighted by molar-refractivity contribution is 5.79. The lowest BCUT2D eigenvalue weighted by Crippen LogP contribution is -2.19. The second-order valence-corrected chi connectivity index (χ2v) is 9.04. The first-order valence-corrected chi connectivity index (χ1v) is 11.7. The maximum absolute atomic E-state index is 2.46. The third-order valence-electron chi connectivity index (χ3n) is 6.22. The molecule has 0 unspecified atom stereocenters. The molecule has 0 fully saturated rings. The number of aryl methyl sites for hydroxylation is 4. The predicted molar refractivity (Wildman–Crippen MR) is 141 cm³/mol. The van der Waals surface area contributed by atoms with Crippen LogP contribution in [0, 0.1) is 27.7 Å². The van der Waals surface area contributed by atoms with Crippen LogP contribution in [-0.4, -0.2) is 4.90 Å². The molecule has 0 atom stereocenters. The van der Waals surface area contributed by atoms with E-state index >= 15 is 0 Å². The zero-order chi connectivity index (χ0) is 23.2. The van der Waals surface area contributed by atoms with E-state index in [1.165, 1.54) is 50.1 Å². The third-order valence-corrected chi connectivity index (χ3v) is 6.22. The third kappa shape index (κ3) is 5.81. The summed E-state index contributed by atoms with van der Waals surface area (Å²) >= 11 is 0. The summed E-state index contributed by atoms with van der Waals surface area (Å²) in [6, 6.07) is 35.0. The molecule has 1 heteroatoms. The van der Waals surface area contributed by atoms with E-state index in [0.29, 0.717) is 0 Å². The van der Waals surface area contributed by atoms with Crippen LogP contribution in [0.15, 0.2) is 103 Å². The molecule has 0 radical (unpaired) electrons. The van der Waals surface area contributed by atoms with Crippen molar-refractivity contribution in [3.8, 4) is 0 Å². The van der Waals surface area contributed by atoms with E-state index in [0.717, 1.165) is 13.1 Å². The minimum Gasteiger partial charge on any atom is -0.368 e. The van der Waals surface area contributed by atoms with Gasteiger partial charge in [0.05, 0.1) is 0 Å². The summed E-state index contributed by atoms with van der Waals surface area (Å²) in [5, 5.41) is 0.